The zero-order valence-corrected chi connectivity index (χ0v) is 10.9. The average Bonchev–Trinajstić information content (AvgIpc) is 2.72. The van der Waals surface area contributed by atoms with E-state index in [1.54, 1.807) is 0 Å². The van der Waals surface area contributed by atoms with Gasteiger partial charge in [0.1, 0.15) is 29.1 Å². The molecule has 0 bridgehead atoms. The highest BCUT2D eigenvalue weighted by molar-refractivity contribution is 6.05. The number of carbonyl (C=O) groups excluding carboxylic acids is 1. The summed E-state index contributed by atoms with van der Waals surface area (Å²) in [5.74, 6) is -2.38. The second-order valence-electron chi connectivity index (χ2n) is 5.33. The van der Waals surface area contributed by atoms with E-state index in [1.165, 1.54) is 6.07 Å². The molecule has 1 fully saturated rings. The maximum atomic E-state index is 12.1. The second-order valence-corrected chi connectivity index (χ2v) is 5.33. The summed E-state index contributed by atoms with van der Waals surface area (Å²) in [5, 5.41) is 39.0. The lowest BCUT2D eigenvalue weighted by Crippen LogP contribution is -2.44. The molecule has 2 aliphatic rings. The number of phenols is 1. The molecule has 1 unspecified atom stereocenters. The lowest BCUT2D eigenvalue weighted by Gasteiger charge is -2.37. The van der Waals surface area contributed by atoms with Crippen molar-refractivity contribution in [2.24, 2.45) is 0 Å². The first-order chi connectivity index (χ1) is 9.88. The van der Waals surface area contributed by atoms with Crippen molar-refractivity contribution in [3.05, 3.63) is 28.8 Å². The molecule has 0 saturated carbocycles. The van der Waals surface area contributed by atoms with Crippen LogP contribution in [0, 0.1) is 0 Å². The Hall–Kier alpha value is -1.96. The Morgan fingerprint density at radius 3 is 2.62 bits per heavy atom. The fourth-order valence-corrected chi connectivity index (χ4v) is 3.14. The molecule has 1 aliphatic heterocycles. The van der Waals surface area contributed by atoms with Crippen LogP contribution in [0.2, 0.25) is 0 Å². The van der Waals surface area contributed by atoms with Crippen molar-refractivity contribution in [3.63, 3.8) is 0 Å². The molecule has 7 nitrogen and oxygen atoms in total. The van der Waals surface area contributed by atoms with Gasteiger partial charge in [0.15, 0.2) is 5.78 Å². The maximum Gasteiger partial charge on any atom is 0.339 e. The van der Waals surface area contributed by atoms with Crippen molar-refractivity contribution >= 4 is 11.8 Å². The molecule has 1 aliphatic carbocycles. The first-order valence-corrected chi connectivity index (χ1v) is 6.51. The number of rotatable bonds is 1. The van der Waals surface area contributed by atoms with Gasteiger partial charge < -0.3 is 25.2 Å². The summed E-state index contributed by atoms with van der Waals surface area (Å²) in [5.41, 5.74) is -1.58. The van der Waals surface area contributed by atoms with Gasteiger partial charge in [0, 0.05) is 12.0 Å². The van der Waals surface area contributed by atoms with Crippen LogP contribution in [0.15, 0.2) is 12.1 Å². The van der Waals surface area contributed by atoms with Crippen LogP contribution in [0.1, 0.15) is 39.1 Å². The monoisotopic (exact) mass is 294 g/mol. The van der Waals surface area contributed by atoms with Gasteiger partial charge >= 0.3 is 5.97 Å². The Kier molecular flexibility index (Phi) is 3.01. The molecular formula is C14H14O7. The highest BCUT2D eigenvalue weighted by Gasteiger charge is 2.54. The molecule has 112 valence electrons. The third-order valence-electron chi connectivity index (χ3n) is 4.22. The zero-order chi connectivity index (χ0) is 15.4. The van der Waals surface area contributed by atoms with E-state index >= 15 is 0 Å². The Bertz CT molecular complexity index is 638. The smallest absolute Gasteiger partial charge is 0.339 e. The number of aliphatic hydroxyl groups excluding tert-OH is 2. The second kappa shape index (κ2) is 4.52. The summed E-state index contributed by atoms with van der Waals surface area (Å²) in [7, 11) is 0. The van der Waals surface area contributed by atoms with E-state index in [9.17, 15) is 24.9 Å². The minimum absolute atomic E-state index is 0.00654. The van der Waals surface area contributed by atoms with Gasteiger partial charge in [-0.3, -0.25) is 4.79 Å². The summed E-state index contributed by atoms with van der Waals surface area (Å²) >= 11 is 0. The number of aliphatic hydroxyl groups is 2. The number of aromatic hydroxyl groups is 1. The van der Waals surface area contributed by atoms with Gasteiger partial charge in [-0.25, -0.2) is 4.79 Å². The van der Waals surface area contributed by atoms with Gasteiger partial charge in [0.2, 0.25) is 0 Å². The van der Waals surface area contributed by atoms with Crippen molar-refractivity contribution in [3.8, 4) is 5.75 Å². The van der Waals surface area contributed by atoms with Gasteiger partial charge in [-0.1, -0.05) is 6.07 Å². The minimum Gasteiger partial charge on any atom is -0.506 e. The van der Waals surface area contributed by atoms with Crippen molar-refractivity contribution in [1.82, 2.24) is 0 Å². The molecule has 0 aromatic heterocycles. The van der Waals surface area contributed by atoms with Crippen LogP contribution in [-0.2, 0) is 10.3 Å². The number of hydrogen-bond donors (Lipinski definition) is 4. The molecule has 1 saturated heterocycles. The van der Waals surface area contributed by atoms with E-state index in [2.05, 4.69) is 0 Å². The molecule has 1 spiro atoms. The van der Waals surface area contributed by atoms with Crippen LogP contribution in [-0.4, -0.2) is 51.0 Å². The van der Waals surface area contributed by atoms with Crippen molar-refractivity contribution in [1.29, 1.82) is 0 Å². The first kappa shape index (κ1) is 14.0. The molecule has 0 amide bonds. The van der Waals surface area contributed by atoms with Crippen LogP contribution in [0.25, 0.3) is 0 Å². The number of carboxylic acid groups (broad SMARTS) is 1. The summed E-state index contributed by atoms with van der Waals surface area (Å²) in [6.07, 6.45) is -2.16. The topological polar surface area (TPSA) is 124 Å². The number of hydrogen-bond acceptors (Lipinski definition) is 6. The Morgan fingerprint density at radius 2 is 2.05 bits per heavy atom. The summed E-state index contributed by atoms with van der Waals surface area (Å²) in [4.78, 5) is 23.1. The van der Waals surface area contributed by atoms with Crippen LogP contribution in [0.4, 0.5) is 0 Å². The van der Waals surface area contributed by atoms with Crippen molar-refractivity contribution in [2.45, 2.75) is 30.7 Å². The first-order valence-electron chi connectivity index (χ1n) is 6.51. The predicted octanol–water partition coefficient (Wildman–Crippen LogP) is 0.0142. The van der Waals surface area contributed by atoms with E-state index in [0.29, 0.717) is 0 Å². The van der Waals surface area contributed by atoms with Crippen molar-refractivity contribution < 1.29 is 34.8 Å². The average molecular weight is 294 g/mol. The molecule has 1 heterocycles. The minimum atomic E-state index is -1.35. The van der Waals surface area contributed by atoms with E-state index in [1.807, 2.05) is 0 Å². The van der Waals surface area contributed by atoms with Gasteiger partial charge in [-0.2, -0.15) is 0 Å². The highest BCUT2D eigenvalue weighted by atomic mass is 16.5. The van der Waals surface area contributed by atoms with Gasteiger partial charge in [-0.05, 0) is 12.5 Å². The number of Topliss-reactive ketones (excluding diaryl/α,β-unsaturated/α-hetero) is 1. The quantitative estimate of drug-likeness (QED) is 0.575. The molecule has 7 heteroatoms. The van der Waals surface area contributed by atoms with Gasteiger partial charge in [0.25, 0.3) is 0 Å². The largest absolute Gasteiger partial charge is 0.506 e. The van der Waals surface area contributed by atoms with E-state index in [4.69, 9.17) is 9.84 Å². The van der Waals surface area contributed by atoms with Crippen molar-refractivity contribution in [2.75, 3.05) is 6.61 Å². The fourth-order valence-electron chi connectivity index (χ4n) is 3.14. The number of ketones is 1. The molecule has 1 aromatic carbocycles. The van der Waals surface area contributed by atoms with Crippen LogP contribution in [0.5, 0.6) is 5.75 Å². The molecular weight excluding hydrogens is 280 g/mol. The highest BCUT2D eigenvalue weighted by Crippen LogP contribution is 2.48. The molecule has 3 atom stereocenters. The number of benzene rings is 1. The molecule has 1 aromatic rings. The third-order valence-corrected chi connectivity index (χ3v) is 4.22. The van der Waals surface area contributed by atoms with E-state index in [0.717, 1.165) is 6.07 Å². The zero-order valence-electron chi connectivity index (χ0n) is 10.9. The molecule has 4 N–H and O–H groups in total. The lowest BCUT2D eigenvalue weighted by molar-refractivity contribution is -0.0776. The van der Waals surface area contributed by atoms with Crippen LogP contribution >= 0.6 is 0 Å². The van der Waals surface area contributed by atoms with E-state index in [-0.39, 0.29) is 36.1 Å². The van der Waals surface area contributed by atoms with E-state index < -0.39 is 35.3 Å². The maximum absolute atomic E-state index is 12.1. The van der Waals surface area contributed by atoms with Crippen LogP contribution < -0.4 is 0 Å². The lowest BCUT2D eigenvalue weighted by atomic mass is 9.74. The predicted molar refractivity (Wildman–Crippen MR) is 68.3 cm³/mol. The normalized spacial score (nSPS) is 31.4. The number of carboxylic acids is 1. The van der Waals surface area contributed by atoms with Crippen LogP contribution in [0.3, 0.4) is 0 Å². The number of fused-ring (bicyclic) bond motifs is 2. The Balaban J connectivity index is 2.23. The molecule has 3 rings (SSSR count). The standard InChI is InChI=1S/C14H14O7/c15-8-3-4-14(12(18)9(16)5-21-14)7-2-1-6(13(19)20)11(17)10(7)8/h1-2,9,12,16-18H,3-5H2,(H,19,20)/t9-,12-,14?/m0/s1. The van der Waals surface area contributed by atoms with Gasteiger partial charge in [0.05, 0.1) is 12.2 Å². The molecule has 21 heavy (non-hydrogen) atoms. The molecule has 0 radical (unpaired) electrons. The Morgan fingerprint density at radius 1 is 1.33 bits per heavy atom. The Labute approximate surface area is 119 Å². The number of carbonyl (C=O) groups is 2. The number of aromatic carboxylic acids is 1. The summed E-state index contributed by atoms with van der Waals surface area (Å²) < 4.78 is 5.53. The van der Waals surface area contributed by atoms with Gasteiger partial charge in [-0.15, -0.1) is 0 Å². The summed E-state index contributed by atoms with van der Waals surface area (Å²) in [6, 6.07) is 2.52. The summed E-state index contributed by atoms with van der Waals surface area (Å²) in [6.45, 7) is -0.0871. The SMILES string of the molecule is O=C(O)c1ccc2c(c1O)C(=O)CCC21OC[C@H](O)[C@@H]1O. The number of ether oxygens (including phenoxy) is 1. The fraction of sp³-hybridized carbons (Fsp3) is 0.429. The third kappa shape index (κ3) is 1.78.